The van der Waals surface area contributed by atoms with Crippen LogP contribution in [0.2, 0.25) is 0 Å². The van der Waals surface area contributed by atoms with Crippen LogP contribution in [-0.4, -0.2) is 29.1 Å². The second-order valence-corrected chi connectivity index (χ2v) is 6.76. The van der Waals surface area contributed by atoms with Crippen LogP contribution in [0.4, 0.5) is 23.4 Å². The van der Waals surface area contributed by atoms with Crippen molar-refractivity contribution in [1.82, 2.24) is 15.3 Å². The number of nitrogens with one attached hydrogen (secondary N) is 2. The molecule has 4 nitrogen and oxygen atoms in total. The van der Waals surface area contributed by atoms with Gasteiger partial charge in [-0.3, -0.25) is 0 Å². The van der Waals surface area contributed by atoms with Crippen molar-refractivity contribution < 1.29 is 17.6 Å². The van der Waals surface area contributed by atoms with E-state index in [1.54, 1.807) is 12.1 Å². The number of hydrogen-bond acceptors (Lipinski definition) is 4. The molecule has 146 valence electrons. The van der Waals surface area contributed by atoms with Crippen molar-refractivity contribution in [2.24, 2.45) is 5.92 Å². The van der Waals surface area contributed by atoms with Gasteiger partial charge in [-0.1, -0.05) is 25.5 Å². The summed E-state index contributed by atoms with van der Waals surface area (Å²) in [5.74, 6) is 0.326. The molecule has 27 heavy (non-hydrogen) atoms. The summed E-state index contributed by atoms with van der Waals surface area (Å²) in [6.07, 6.45) is -1.85. The van der Waals surface area contributed by atoms with Gasteiger partial charge < -0.3 is 10.6 Å². The zero-order chi connectivity index (χ0) is 19.4. The Hall–Kier alpha value is -2.22. The number of nitrogens with zero attached hydrogens (tertiary/aromatic N) is 2. The van der Waals surface area contributed by atoms with E-state index < -0.39 is 17.7 Å². The van der Waals surface area contributed by atoms with E-state index in [1.807, 2.05) is 0 Å². The Morgan fingerprint density at radius 1 is 1.22 bits per heavy atom. The van der Waals surface area contributed by atoms with Crippen molar-refractivity contribution in [2.75, 3.05) is 18.4 Å². The number of rotatable bonds is 5. The number of anilines is 1. The highest BCUT2D eigenvalue weighted by Gasteiger charge is 2.34. The van der Waals surface area contributed by atoms with Crippen LogP contribution < -0.4 is 10.6 Å². The Morgan fingerprint density at radius 2 is 1.96 bits per heavy atom. The van der Waals surface area contributed by atoms with Crippen LogP contribution in [0.1, 0.15) is 36.7 Å². The third kappa shape index (κ3) is 4.94. The number of alkyl halides is 3. The maximum atomic E-state index is 13.1. The summed E-state index contributed by atoms with van der Waals surface area (Å²) in [7, 11) is 0. The Kier molecular flexibility index (Phi) is 5.94. The SMILES string of the molecule is CC[C@H]1CNCC[C@@H]1Nc1ncc(C(F)(F)F)nc1Cc1ccc(F)cc1. The molecule has 0 unspecified atom stereocenters. The second kappa shape index (κ2) is 8.21. The van der Waals surface area contributed by atoms with Gasteiger partial charge in [0.05, 0.1) is 11.9 Å². The molecule has 1 aliphatic heterocycles. The molecule has 3 rings (SSSR count). The molecule has 0 saturated carbocycles. The van der Waals surface area contributed by atoms with E-state index in [0.717, 1.165) is 32.1 Å². The smallest absolute Gasteiger partial charge is 0.365 e. The highest BCUT2D eigenvalue weighted by Crippen LogP contribution is 2.30. The molecule has 0 radical (unpaired) electrons. The standard InChI is InChI=1S/C19H22F4N4/c1-2-13-10-24-8-7-15(13)27-18-16(9-12-3-5-14(20)6-4-12)26-17(11-25-18)19(21,22)23/h3-6,11,13,15,24H,2,7-10H2,1H3,(H,25,27)/t13-,15-/m0/s1. The van der Waals surface area contributed by atoms with Crippen LogP contribution in [0.15, 0.2) is 30.5 Å². The van der Waals surface area contributed by atoms with Crippen LogP contribution in [0, 0.1) is 11.7 Å². The van der Waals surface area contributed by atoms with Gasteiger partial charge in [0.15, 0.2) is 5.69 Å². The van der Waals surface area contributed by atoms with Gasteiger partial charge in [-0.05, 0) is 43.1 Å². The van der Waals surface area contributed by atoms with E-state index in [1.165, 1.54) is 12.1 Å². The fourth-order valence-electron chi connectivity index (χ4n) is 3.32. The first-order valence-corrected chi connectivity index (χ1v) is 9.01. The fraction of sp³-hybridized carbons (Fsp3) is 0.474. The van der Waals surface area contributed by atoms with Gasteiger partial charge >= 0.3 is 6.18 Å². The predicted molar refractivity (Wildman–Crippen MR) is 94.9 cm³/mol. The van der Waals surface area contributed by atoms with Gasteiger partial charge in [0, 0.05) is 12.5 Å². The highest BCUT2D eigenvalue weighted by molar-refractivity contribution is 5.44. The lowest BCUT2D eigenvalue weighted by Gasteiger charge is -2.33. The molecule has 1 aromatic carbocycles. The molecule has 1 saturated heterocycles. The zero-order valence-electron chi connectivity index (χ0n) is 15.0. The molecule has 2 N–H and O–H groups in total. The predicted octanol–water partition coefficient (Wildman–Crippen LogP) is 4.03. The largest absolute Gasteiger partial charge is 0.434 e. The van der Waals surface area contributed by atoms with Crippen molar-refractivity contribution in [3.8, 4) is 0 Å². The Labute approximate surface area is 155 Å². The van der Waals surface area contributed by atoms with E-state index in [-0.39, 0.29) is 18.2 Å². The third-order valence-electron chi connectivity index (χ3n) is 4.87. The van der Waals surface area contributed by atoms with Crippen LogP contribution in [0.3, 0.4) is 0 Å². The molecule has 0 amide bonds. The molecule has 1 fully saturated rings. The quantitative estimate of drug-likeness (QED) is 0.767. The van der Waals surface area contributed by atoms with Gasteiger partial charge in [-0.2, -0.15) is 13.2 Å². The minimum Gasteiger partial charge on any atom is -0.365 e. The maximum absolute atomic E-state index is 13.1. The molecule has 0 aliphatic carbocycles. The van der Waals surface area contributed by atoms with E-state index in [2.05, 4.69) is 27.5 Å². The lowest BCUT2D eigenvalue weighted by atomic mass is 9.91. The van der Waals surface area contributed by atoms with Gasteiger partial charge in [0.1, 0.15) is 11.6 Å². The molecule has 2 heterocycles. The molecule has 8 heteroatoms. The molecule has 2 aromatic rings. The van der Waals surface area contributed by atoms with Crippen LogP contribution in [0.25, 0.3) is 0 Å². The van der Waals surface area contributed by atoms with Gasteiger partial charge in [-0.15, -0.1) is 0 Å². The summed E-state index contributed by atoms with van der Waals surface area (Å²) in [5.41, 5.74) is -0.141. The van der Waals surface area contributed by atoms with Crippen molar-refractivity contribution in [1.29, 1.82) is 0 Å². The second-order valence-electron chi connectivity index (χ2n) is 6.76. The first-order chi connectivity index (χ1) is 12.9. The van der Waals surface area contributed by atoms with Crippen molar-refractivity contribution in [3.05, 3.63) is 53.2 Å². The normalized spacial score (nSPS) is 20.5. The van der Waals surface area contributed by atoms with Gasteiger partial charge in [-0.25, -0.2) is 14.4 Å². The summed E-state index contributed by atoms with van der Waals surface area (Å²) in [6, 6.07) is 5.77. The van der Waals surface area contributed by atoms with Crippen molar-refractivity contribution >= 4 is 5.82 Å². The topological polar surface area (TPSA) is 49.8 Å². The minimum atomic E-state index is -4.57. The molecular formula is C19H22F4N4. The van der Waals surface area contributed by atoms with Crippen molar-refractivity contribution in [3.63, 3.8) is 0 Å². The van der Waals surface area contributed by atoms with Crippen LogP contribution in [0.5, 0.6) is 0 Å². The Bertz CT molecular complexity index is 761. The molecule has 1 aliphatic rings. The first-order valence-electron chi connectivity index (χ1n) is 9.01. The number of piperidine rings is 1. The summed E-state index contributed by atoms with van der Waals surface area (Å²) in [6.45, 7) is 3.79. The third-order valence-corrected chi connectivity index (χ3v) is 4.87. The zero-order valence-corrected chi connectivity index (χ0v) is 15.0. The van der Waals surface area contributed by atoms with E-state index in [9.17, 15) is 17.6 Å². The Balaban J connectivity index is 1.90. The van der Waals surface area contributed by atoms with Crippen LogP contribution >= 0.6 is 0 Å². The summed E-state index contributed by atoms with van der Waals surface area (Å²) in [5, 5.41) is 6.64. The summed E-state index contributed by atoms with van der Waals surface area (Å²) in [4.78, 5) is 7.85. The Morgan fingerprint density at radius 3 is 2.63 bits per heavy atom. The number of halogens is 4. The molecular weight excluding hydrogens is 360 g/mol. The lowest BCUT2D eigenvalue weighted by molar-refractivity contribution is -0.141. The van der Waals surface area contributed by atoms with E-state index in [0.29, 0.717) is 17.3 Å². The minimum absolute atomic E-state index is 0.120. The average Bonchev–Trinajstić information content (AvgIpc) is 2.64. The average molecular weight is 382 g/mol. The number of aromatic nitrogens is 2. The molecule has 1 aromatic heterocycles. The fourth-order valence-corrected chi connectivity index (χ4v) is 3.32. The summed E-state index contributed by atoms with van der Waals surface area (Å²) >= 11 is 0. The highest BCUT2D eigenvalue weighted by atomic mass is 19.4. The number of hydrogen-bond donors (Lipinski definition) is 2. The van der Waals surface area contributed by atoms with E-state index >= 15 is 0 Å². The lowest BCUT2D eigenvalue weighted by Crippen LogP contribution is -2.44. The van der Waals surface area contributed by atoms with Crippen molar-refractivity contribution in [2.45, 2.75) is 38.4 Å². The molecule has 0 bridgehead atoms. The van der Waals surface area contributed by atoms with Gasteiger partial charge in [0.2, 0.25) is 0 Å². The maximum Gasteiger partial charge on any atom is 0.434 e. The van der Waals surface area contributed by atoms with E-state index in [4.69, 9.17) is 0 Å². The van der Waals surface area contributed by atoms with Crippen LogP contribution in [-0.2, 0) is 12.6 Å². The first kappa shape index (κ1) is 19.5. The van der Waals surface area contributed by atoms with Gasteiger partial charge in [0.25, 0.3) is 0 Å². The monoisotopic (exact) mass is 382 g/mol. The summed E-state index contributed by atoms with van der Waals surface area (Å²) < 4.78 is 52.4. The number of benzene rings is 1. The molecule has 0 spiro atoms. The molecule has 2 atom stereocenters.